The Morgan fingerprint density at radius 2 is 0.815 bits per heavy atom. The van der Waals surface area contributed by atoms with Crippen molar-refractivity contribution in [2.24, 2.45) is 0 Å². The van der Waals surface area contributed by atoms with Crippen LogP contribution in [0.1, 0.15) is 0 Å². The number of fused-ring (bicyclic) bond motifs is 8. The van der Waals surface area contributed by atoms with Crippen molar-refractivity contribution in [3.8, 4) is 62.1 Å². The fourth-order valence-corrected chi connectivity index (χ4v) is 9.93. The number of benzene rings is 11. The highest BCUT2D eigenvalue weighted by atomic mass is 15.0. The first-order valence-electron chi connectivity index (χ1n) is 22.1. The van der Waals surface area contributed by atoms with Crippen LogP contribution < -0.4 is 0 Å². The van der Waals surface area contributed by atoms with E-state index in [4.69, 9.17) is 15.0 Å². The Balaban J connectivity index is 1.21. The second kappa shape index (κ2) is 15.0. The van der Waals surface area contributed by atoms with Gasteiger partial charge in [-0.15, -0.1) is 0 Å². The van der Waals surface area contributed by atoms with Crippen molar-refractivity contribution in [3.05, 3.63) is 231 Å². The first-order valence-corrected chi connectivity index (χ1v) is 22.1. The molecule has 2 heterocycles. The van der Waals surface area contributed by atoms with E-state index in [1.165, 1.54) is 37.8 Å². The fourth-order valence-electron chi connectivity index (χ4n) is 9.93. The predicted molar refractivity (Wildman–Crippen MR) is 271 cm³/mol. The molecule has 0 bridgehead atoms. The van der Waals surface area contributed by atoms with Gasteiger partial charge in [-0.3, -0.25) is 0 Å². The van der Waals surface area contributed by atoms with Crippen molar-refractivity contribution in [2.75, 3.05) is 0 Å². The summed E-state index contributed by atoms with van der Waals surface area (Å²) in [6, 6.07) is 82.6. The molecular weight excluding hydrogens is 789 g/mol. The zero-order valence-electron chi connectivity index (χ0n) is 35.2. The van der Waals surface area contributed by atoms with Crippen LogP contribution in [-0.4, -0.2) is 19.5 Å². The zero-order chi connectivity index (χ0) is 42.8. The van der Waals surface area contributed by atoms with Crippen molar-refractivity contribution in [1.29, 1.82) is 0 Å². The van der Waals surface area contributed by atoms with E-state index in [1.807, 2.05) is 18.2 Å². The van der Waals surface area contributed by atoms with Crippen LogP contribution in [0.5, 0.6) is 0 Å². The number of hydrogen-bond donors (Lipinski definition) is 0. The third-order valence-electron chi connectivity index (χ3n) is 13.0. The smallest absolute Gasteiger partial charge is 0.164 e. The van der Waals surface area contributed by atoms with Gasteiger partial charge in [-0.25, -0.2) is 15.0 Å². The lowest BCUT2D eigenvalue weighted by Gasteiger charge is -2.21. The lowest BCUT2D eigenvalue weighted by atomic mass is 9.91. The van der Waals surface area contributed by atoms with Crippen LogP contribution >= 0.6 is 0 Å². The minimum atomic E-state index is 0.613. The summed E-state index contributed by atoms with van der Waals surface area (Å²) in [4.78, 5) is 16.1. The SMILES string of the molecule is c1ccc(-c2ccc3c(-c4nc(-c5ccccc5)nc(-c5cccc6ccccc56)n4)cc(-c4ccccc4)c(-n4c5cc6ccccc6cc5c5ccc6ccccc6c54)c3c2)cc1. The quantitative estimate of drug-likeness (QED) is 0.168. The van der Waals surface area contributed by atoms with Gasteiger partial charge >= 0.3 is 0 Å². The van der Waals surface area contributed by atoms with Crippen LogP contribution in [-0.2, 0) is 0 Å². The Kier molecular flexibility index (Phi) is 8.50. The molecule has 65 heavy (non-hydrogen) atoms. The van der Waals surface area contributed by atoms with Gasteiger partial charge in [0.1, 0.15) is 0 Å². The van der Waals surface area contributed by atoms with Gasteiger partial charge in [0, 0.05) is 43.8 Å². The van der Waals surface area contributed by atoms with Gasteiger partial charge in [0.25, 0.3) is 0 Å². The Morgan fingerprint density at radius 1 is 0.262 bits per heavy atom. The maximum Gasteiger partial charge on any atom is 0.164 e. The van der Waals surface area contributed by atoms with E-state index in [0.29, 0.717) is 17.5 Å². The van der Waals surface area contributed by atoms with Gasteiger partial charge in [0.05, 0.1) is 16.7 Å². The first-order chi connectivity index (χ1) is 32.2. The normalized spacial score (nSPS) is 11.7. The molecule has 302 valence electrons. The summed E-state index contributed by atoms with van der Waals surface area (Å²) in [5.74, 6) is 1.87. The second-order valence-electron chi connectivity index (χ2n) is 16.7. The lowest BCUT2D eigenvalue weighted by molar-refractivity contribution is 1.08. The standard InChI is InChI=1S/C61H38N4/c1-4-17-39(18-5-1)46-32-33-49-54(36-46)58(65-56-37-45-26-11-10-25-44(45)35-53(56)50-34-31-42-22-13-15-29-48(42)57(50)65)52(41-19-6-2-7-20-41)38-55(49)61-63-59(43-23-8-3-9-24-43)62-60(64-61)51-30-16-27-40-21-12-14-28-47(40)51/h1-38H. The van der Waals surface area contributed by atoms with E-state index in [2.05, 4.69) is 217 Å². The van der Waals surface area contributed by atoms with Crippen LogP contribution in [0.2, 0.25) is 0 Å². The third kappa shape index (κ3) is 6.11. The van der Waals surface area contributed by atoms with Crippen LogP contribution in [0.4, 0.5) is 0 Å². The highest BCUT2D eigenvalue weighted by molar-refractivity contribution is 6.22. The maximum absolute atomic E-state index is 5.45. The molecule has 0 saturated heterocycles. The van der Waals surface area contributed by atoms with E-state index in [1.54, 1.807) is 0 Å². The van der Waals surface area contributed by atoms with E-state index in [-0.39, 0.29) is 0 Å². The molecule has 0 aliphatic carbocycles. The molecule has 0 aliphatic heterocycles. The highest BCUT2D eigenvalue weighted by Crippen LogP contribution is 2.46. The average molecular weight is 827 g/mol. The Bertz CT molecular complexity index is 3980. The Labute approximate surface area is 375 Å². The van der Waals surface area contributed by atoms with E-state index in [0.717, 1.165) is 71.7 Å². The summed E-state index contributed by atoms with van der Waals surface area (Å²) in [5.41, 5.74) is 10.7. The molecular formula is C61H38N4. The summed E-state index contributed by atoms with van der Waals surface area (Å²) < 4.78 is 2.55. The van der Waals surface area contributed by atoms with Crippen LogP contribution in [0.25, 0.3) is 127 Å². The molecule has 11 aromatic carbocycles. The molecule has 13 aromatic rings. The number of hydrogen-bond acceptors (Lipinski definition) is 3. The summed E-state index contributed by atoms with van der Waals surface area (Å²) in [6.07, 6.45) is 0. The Hall–Kier alpha value is -8.73. The first kappa shape index (κ1) is 36.9. The summed E-state index contributed by atoms with van der Waals surface area (Å²) in [7, 11) is 0. The fraction of sp³-hybridized carbons (Fsp3) is 0. The zero-order valence-corrected chi connectivity index (χ0v) is 35.2. The molecule has 2 aromatic heterocycles. The van der Waals surface area contributed by atoms with Gasteiger partial charge in [-0.2, -0.15) is 0 Å². The van der Waals surface area contributed by atoms with Gasteiger partial charge < -0.3 is 4.57 Å². The minimum Gasteiger partial charge on any atom is -0.307 e. The molecule has 0 spiro atoms. The van der Waals surface area contributed by atoms with Crippen molar-refractivity contribution in [3.63, 3.8) is 0 Å². The van der Waals surface area contributed by atoms with Crippen molar-refractivity contribution in [1.82, 2.24) is 19.5 Å². The average Bonchev–Trinajstić information content (AvgIpc) is 3.70. The van der Waals surface area contributed by atoms with Crippen molar-refractivity contribution >= 4 is 64.9 Å². The van der Waals surface area contributed by atoms with Crippen LogP contribution in [0.15, 0.2) is 231 Å². The molecule has 0 atom stereocenters. The largest absolute Gasteiger partial charge is 0.307 e. The molecule has 4 heteroatoms. The molecule has 0 unspecified atom stereocenters. The van der Waals surface area contributed by atoms with Gasteiger partial charge in [-0.1, -0.05) is 206 Å². The van der Waals surface area contributed by atoms with Crippen LogP contribution in [0, 0.1) is 0 Å². The molecule has 0 radical (unpaired) electrons. The molecule has 4 nitrogen and oxygen atoms in total. The third-order valence-corrected chi connectivity index (χ3v) is 13.0. The Morgan fingerprint density at radius 3 is 1.55 bits per heavy atom. The minimum absolute atomic E-state index is 0.613. The van der Waals surface area contributed by atoms with E-state index in [9.17, 15) is 0 Å². The van der Waals surface area contributed by atoms with Crippen molar-refractivity contribution in [2.45, 2.75) is 0 Å². The monoisotopic (exact) mass is 826 g/mol. The second-order valence-corrected chi connectivity index (χ2v) is 16.7. The summed E-state index contributed by atoms with van der Waals surface area (Å²) in [5, 5.41) is 11.6. The molecule has 0 N–H and O–H groups in total. The molecule has 13 rings (SSSR count). The van der Waals surface area contributed by atoms with Crippen LogP contribution in [0.3, 0.4) is 0 Å². The summed E-state index contributed by atoms with van der Waals surface area (Å²) in [6.45, 7) is 0. The number of nitrogens with zero attached hydrogens (tertiary/aromatic N) is 4. The van der Waals surface area contributed by atoms with Gasteiger partial charge in [-0.05, 0) is 73.3 Å². The van der Waals surface area contributed by atoms with E-state index >= 15 is 0 Å². The number of aromatic nitrogens is 4. The summed E-state index contributed by atoms with van der Waals surface area (Å²) >= 11 is 0. The molecule has 0 aliphatic rings. The number of rotatable bonds is 6. The molecule has 0 amide bonds. The van der Waals surface area contributed by atoms with Crippen molar-refractivity contribution < 1.29 is 0 Å². The molecule has 0 fully saturated rings. The van der Waals surface area contributed by atoms with Gasteiger partial charge in [0.2, 0.25) is 0 Å². The lowest BCUT2D eigenvalue weighted by Crippen LogP contribution is -2.04. The topological polar surface area (TPSA) is 43.6 Å². The van der Waals surface area contributed by atoms with E-state index < -0.39 is 0 Å². The predicted octanol–water partition coefficient (Wildman–Crippen LogP) is 15.9. The maximum atomic E-state index is 5.45. The molecule has 0 saturated carbocycles. The van der Waals surface area contributed by atoms with Gasteiger partial charge in [0.15, 0.2) is 17.5 Å². The highest BCUT2D eigenvalue weighted by Gasteiger charge is 2.25.